The number of hydrogen-bond acceptors (Lipinski definition) is 3. The molecule has 2 N–H and O–H groups in total. The number of rotatable bonds is 4. The van der Waals surface area contributed by atoms with Gasteiger partial charge in [-0.2, -0.15) is 0 Å². The van der Waals surface area contributed by atoms with Gasteiger partial charge >= 0.3 is 6.03 Å². The summed E-state index contributed by atoms with van der Waals surface area (Å²) in [5, 5.41) is 5.54. The van der Waals surface area contributed by atoms with E-state index in [1.165, 1.54) is 6.07 Å². The zero-order valence-corrected chi connectivity index (χ0v) is 13.5. The number of amides is 2. The van der Waals surface area contributed by atoms with Crippen molar-refractivity contribution in [2.75, 3.05) is 29.9 Å². The van der Waals surface area contributed by atoms with Crippen LogP contribution in [0.15, 0.2) is 18.2 Å². The molecule has 1 aromatic rings. The standard InChI is InChI=1S/C17H24FN3O2/c1-12(16-5-4-10-23-16)19-17(22)20-13-6-7-15(14(18)11-13)21-8-2-3-9-21/h6-7,11-12,16H,2-5,8-10H2,1H3,(H2,19,20,22)/t12-,16-/m1/s1. The number of carbonyl (C=O) groups excluding carboxylic acids is 1. The monoisotopic (exact) mass is 321 g/mol. The molecule has 0 saturated carbocycles. The normalized spacial score (nSPS) is 22.2. The van der Waals surface area contributed by atoms with E-state index in [2.05, 4.69) is 10.6 Å². The Hall–Kier alpha value is -1.82. The smallest absolute Gasteiger partial charge is 0.319 e. The molecule has 126 valence electrons. The minimum atomic E-state index is -0.332. The first-order chi connectivity index (χ1) is 11.1. The summed E-state index contributed by atoms with van der Waals surface area (Å²) >= 11 is 0. The van der Waals surface area contributed by atoms with Crippen LogP contribution in [0, 0.1) is 5.82 Å². The molecule has 0 aliphatic carbocycles. The molecule has 0 aromatic heterocycles. The molecule has 5 nitrogen and oxygen atoms in total. The van der Waals surface area contributed by atoms with Gasteiger partial charge in [0.25, 0.3) is 0 Å². The first-order valence-electron chi connectivity index (χ1n) is 8.37. The van der Waals surface area contributed by atoms with Gasteiger partial charge in [-0.05, 0) is 50.8 Å². The zero-order chi connectivity index (χ0) is 16.2. The van der Waals surface area contributed by atoms with E-state index in [-0.39, 0.29) is 24.0 Å². The van der Waals surface area contributed by atoms with Crippen molar-refractivity contribution in [3.05, 3.63) is 24.0 Å². The average molecular weight is 321 g/mol. The van der Waals surface area contributed by atoms with Crippen LogP contribution in [-0.4, -0.2) is 37.9 Å². The summed E-state index contributed by atoms with van der Waals surface area (Å²) in [6.07, 6.45) is 4.25. The van der Waals surface area contributed by atoms with Gasteiger partial charge in [0.15, 0.2) is 0 Å². The van der Waals surface area contributed by atoms with Crippen LogP contribution < -0.4 is 15.5 Å². The molecule has 0 bridgehead atoms. The van der Waals surface area contributed by atoms with Crippen LogP contribution >= 0.6 is 0 Å². The third kappa shape index (κ3) is 3.93. The number of carbonyl (C=O) groups is 1. The molecule has 2 amide bonds. The molecule has 2 fully saturated rings. The van der Waals surface area contributed by atoms with E-state index in [1.54, 1.807) is 12.1 Å². The number of halogens is 1. The zero-order valence-electron chi connectivity index (χ0n) is 13.5. The molecule has 1 aromatic carbocycles. The van der Waals surface area contributed by atoms with Crippen LogP contribution in [0.5, 0.6) is 0 Å². The van der Waals surface area contributed by atoms with Gasteiger partial charge in [-0.3, -0.25) is 0 Å². The van der Waals surface area contributed by atoms with Crippen LogP contribution in [-0.2, 0) is 4.74 Å². The SMILES string of the molecule is C[C@@H](NC(=O)Nc1ccc(N2CCCC2)c(F)c1)[C@H]1CCCO1. The van der Waals surface area contributed by atoms with Crippen molar-refractivity contribution in [3.8, 4) is 0 Å². The predicted molar refractivity (Wildman–Crippen MR) is 88.4 cm³/mol. The van der Waals surface area contributed by atoms with Crippen molar-refractivity contribution in [1.29, 1.82) is 0 Å². The van der Waals surface area contributed by atoms with Gasteiger partial charge in [-0.15, -0.1) is 0 Å². The highest BCUT2D eigenvalue weighted by atomic mass is 19.1. The Labute approximate surface area is 136 Å². The molecule has 6 heteroatoms. The van der Waals surface area contributed by atoms with E-state index >= 15 is 0 Å². The lowest BCUT2D eigenvalue weighted by atomic mass is 10.1. The molecule has 2 heterocycles. The van der Waals surface area contributed by atoms with Crippen molar-refractivity contribution < 1.29 is 13.9 Å². The second-order valence-electron chi connectivity index (χ2n) is 6.30. The maximum atomic E-state index is 14.2. The lowest BCUT2D eigenvalue weighted by Crippen LogP contribution is -2.43. The van der Waals surface area contributed by atoms with E-state index in [1.807, 2.05) is 11.8 Å². The number of anilines is 2. The van der Waals surface area contributed by atoms with Crippen LogP contribution in [0.3, 0.4) is 0 Å². The molecular weight excluding hydrogens is 297 g/mol. The van der Waals surface area contributed by atoms with E-state index in [4.69, 9.17) is 4.74 Å². The fraction of sp³-hybridized carbons (Fsp3) is 0.588. The Morgan fingerprint density at radius 3 is 2.78 bits per heavy atom. The topological polar surface area (TPSA) is 53.6 Å². The Morgan fingerprint density at radius 2 is 2.13 bits per heavy atom. The predicted octanol–water partition coefficient (Wildman–Crippen LogP) is 3.11. The number of nitrogens with zero attached hydrogens (tertiary/aromatic N) is 1. The Balaban J connectivity index is 1.56. The minimum absolute atomic E-state index is 0.0637. The first-order valence-corrected chi connectivity index (χ1v) is 8.37. The molecular formula is C17H24FN3O2. The quantitative estimate of drug-likeness (QED) is 0.896. The van der Waals surface area contributed by atoms with Crippen molar-refractivity contribution in [1.82, 2.24) is 5.32 Å². The Morgan fingerprint density at radius 1 is 1.35 bits per heavy atom. The molecule has 2 aliphatic heterocycles. The molecule has 23 heavy (non-hydrogen) atoms. The second kappa shape index (κ2) is 7.17. The van der Waals surface area contributed by atoms with Crippen LogP contribution in [0.2, 0.25) is 0 Å². The summed E-state index contributed by atoms with van der Waals surface area (Å²) in [6.45, 7) is 4.46. The lowest BCUT2D eigenvalue weighted by Gasteiger charge is -2.21. The molecule has 0 spiro atoms. The summed E-state index contributed by atoms with van der Waals surface area (Å²) in [6, 6.07) is 4.46. The Bertz CT molecular complexity index is 555. The van der Waals surface area contributed by atoms with Gasteiger partial charge in [-0.1, -0.05) is 0 Å². The van der Waals surface area contributed by atoms with Gasteiger partial charge < -0.3 is 20.3 Å². The van der Waals surface area contributed by atoms with Crippen molar-refractivity contribution in [2.45, 2.75) is 44.8 Å². The van der Waals surface area contributed by atoms with Crippen molar-refractivity contribution in [3.63, 3.8) is 0 Å². The minimum Gasteiger partial charge on any atom is -0.376 e. The molecule has 3 rings (SSSR count). The molecule has 2 saturated heterocycles. The fourth-order valence-electron chi connectivity index (χ4n) is 3.26. The van der Waals surface area contributed by atoms with E-state index in [0.717, 1.165) is 45.4 Å². The lowest BCUT2D eigenvalue weighted by molar-refractivity contribution is 0.0868. The number of ether oxygens (including phenoxy) is 1. The van der Waals surface area contributed by atoms with E-state index in [0.29, 0.717) is 11.4 Å². The van der Waals surface area contributed by atoms with Crippen molar-refractivity contribution in [2.24, 2.45) is 0 Å². The number of hydrogen-bond donors (Lipinski definition) is 2. The van der Waals surface area contributed by atoms with E-state index < -0.39 is 0 Å². The van der Waals surface area contributed by atoms with Gasteiger partial charge in [0.2, 0.25) is 0 Å². The van der Waals surface area contributed by atoms with Gasteiger partial charge in [0.05, 0.1) is 17.8 Å². The highest BCUT2D eigenvalue weighted by molar-refractivity contribution is 5.89. The maximum Gasteiger partial charge on any atom is 0.319 e. The third-order valence-electron chi connectivity index (χ3n) is 4.53. The van der Waals surface area contributed by atoms with Crippen LogP contribution in [0.4, 0.5) is 20.6 Å². The Kier molecular flexibility index (Phi) is 5.00. The molecule has 0 radical (unpaired) electrons. The van der Waals surface area contributed by atoms with Gasteiger partial charge in [0, 0.05) is 25.4 Å². The van der Waals surface area contributed by atoms with Gasteiger partial charge in [0.1, 0.15) is 5.82 Å². The maximum absolute atomic E-state index is 14.2. The summed E-state index contributed by atoms with van der Waals surface area (Å²) in [4.78, 5) is 14.1. The third-order valence-corrected chi connectivity index (χ3v) is 4.53. The van der Waals surface area contributed by atoms with Gasteiger partial charge in [-0.25, -0.2) is 9.18 Å². The average Bonchev–Trinajstić information content (AvgIpc) is 3.21. The highest BCUT2D eigenvalue weighted by Crippen LogP contribution is 2.26. The number of benzene rings is 1. The molecule has 2 atom stereocenters. The first kappa shape index (κ1) is 16.1. The van der Waals surface area contributed by atoms with Crippen LogP contribution in [0.1, 0.15) is 32.6 Å². The van der Waals surface area contributed by atoms with Crippen LogP contribution in [0.25, 0.3) is 0 Å². The molecule has 2 aliphatic rings. The fourth-order valence-corrected chi connectivity index (χ4v) is 3.26. The molecule has 0 unspecified atom stereocenters. The second-order valence-corrected chi connectivity index (χ2v) is 6.30. The van der Waals surface area contributed by atoms with E-state index in [9.17, 15) is 9.18 Å². The largest absolute Gasteiger partial charge is 0.376 e. The summed E-state index contributed by atoms with van der Waals surface area (Å²) in [5.41, 5.74) is 1.07. The number of nitrogens with one attached hydrogen (secondary N) is 2. The number of urea groups is 1. The van der Waals surface area contributed by atoms with Crippen molar-refractivity contribution >= 4 is 17.4 Å². The summed E-state index contributed by atoms with van der Waals surface area (Å²) < 4.78 is 19.8. The highest BCUT2D eigenvalue weighted by Gasteiger charge is 2.23. The summed E-state index contributed by atoms with van der Waals surface area (Å²) in [5.74, 6) is -0.295. The summed E-state index contributed by atoms with van der Waals surface area (Å²) in [7, 11) is 0.